The quantitative estimate of drug-likeness (QED) is 0.850. The van der Waals surface area contributed by atoms with Crippen LogP contribution in [0.25, 0.3) is 0 Å². The summed E-state index contributed by atoms with van der Waals surface area (Å²) in [6, 6.07) is 9.54. The van der Waals surface area contributed by atoms with Crippen molar-refractivity contribution in [3.8, 4) is 5.75 Å². The molecule has 1 amide bonds. The SMILES string of the molecule is Cc1cc(C)c(OCC(=O)Nc2ccccc2F)cc1N. The number of ether oxygens (including phenoxy) is 1. The summed E-state index contributed by atoms with van der Waals surface area (Å²) in [6.07, 6.45) is 0. The predicted molar refractivity (Wildman–Crippen MR) is 80.9 cm³/mol. The van der Waals surface area contributed by atoms with E-state index >= 15 is 0 Å². The zero-order chi connectivity index (χ0) is 15.4. The number of hydrogen-bond acceptors (Lipinski definition) is 3. The molecule has 2 rings (SSSR count). The van der Waals surface area contributed by atoms with E-state index in [9.17, 15) is 9.18 Å². The van der Waals surface area contributed by atoms with E-state index in [1.807, 2.05) is 19.9 Å². The molecule has 2 aromatic carbocycles. The molecular weight excluding hydrogens is 271 g/mol. The number of nitrogens with one attached hydrogen (secondary N) is 1. The summed E-state index contributed by atoms with van der Waals surface area (Å²) in [5.74, 6) is -0.373. The minimum atomic E-state index is -0.485. The molecule has 0 saturated carbocycles. The van der Waals surface area contributed by atoms with Gasteiger partial charge in [-0.2, -0.15) is 0 Å². The summed E-state index contributed by atoms with van der Waals surface area (Å²) in [6.45, 7) is 3.56. The van der Waals surface area contributed by atoms with Gasteiger partial charge in [-0.3, -0.25) is 4.79 Å². The number of anilines is 2. The molecule has 2 aromatic rings. The smallest absolute Gasteiger partial charge is 0.262 e. The highest BCUT2D eigenvalue weighted by Gasteiger charge is 2.09. The maximum atomic E-state index is 13.4. The Labute approximate surface area is 122 Å². The maximum Gasteiger partial charge on any atom is 0.262 e. The van der Waals surface area contributed by atoms with E-state index in [0.29, 0.717) is 11.4 Å². The van der Waals surface area contributed by atoms with E-state index < -0.39 is 11.7 Å². The van der Waals surface area contributed by atoms with Gasteiger partial charge in [0.25, 0.3) is 5.91 Å². The molecule has 0 aliphatic heterocycles. The van der Waals surface area contributed by atoms with Crippen LogP contribution in [-0.2, 0) is 4.79 Å². The molecule has 0 fully saturated rings. The van der Waals surface area contributed by atoms with Crippen molar-refractivity contribution in [1.82, 2.24) is 0 Å². The van der Waals surface area contributed by atoms with E-state index in [-0.39, 0.29) is 12.3 Å². The van der Waals surface area contributed by atoms with E-state index in [1.54, 1.807) is 18.2 Å². The molecule has 0 heterocycles. The summed E-state index contributed by atoms with van der Waals surface area (Å²) >= 11 is 0. The Morgan fingerprint density at radius 2 is 1.95 bits per heavy atom. The van der Waals surface area contributed by atoms with Crippen molar-refractivity contribution in [2.45, 2.75) is 13.8 Å². The molecule has 0 radical (unpaired) electrons. The molecule has 21 heavy (non-hydrogen) atoms. The Morgan fingerprint density at radius 1 is 1.24 bits per heavy atom. The number of nitrogens with two attached hydrogens (primary N) is 1. The first kappa shape index (κ1) is 14.8. The fourth-order valence-electron chi connectivity index (χ4n) is 1.90. The van der Waals surface area contributed by atoms with Crippen LogP contribution in [0.4, 0.5) is 15.8 Å². The van der Waals surface area contributed by atoms with Crippen LogP contribution in [0.5, 0.6) is 5.75 Å². The lowest BCUT2D eigenvalue weighted by molar-refractivity contribution is -0.118. The molecule has 0 saturated heterocycles. The molecule has 0 aromatic heterocycles. The molecule has 0 aliphatic rings. The van der Waals surface area contributed by atoms with E-state index in [2.05, 4.69) is 5.32 Å². The van der Waals surface area contributed by atoms with Crippen molar-refractivity contribution in [2.75, 3.05) is 17.7 Å². The maximum absolute atomic E-state index is 13.4. The van der Waals surface area contributed by atoms with Gasteiger partial charge in [0.15, 0.2) is 6.61 Å². The molecule has 4 nitrogen and oxygen atoms in total. The van der Waals surface area contributed by atoms with E-state index in [4.69, 9.17) is 10.5 Å². The number of amides is 1. The largest absolute Gasteiger partial charge is 0.483 e. The van der Waals surface area contributed by atoms with Crippen LogP contribution < -0.4 is 15.8 Å². The highest BCUT2D eigenvalue weighted by atomic mass is 19.1. The van der Waals surface area contributed by atoms with Gasteiger partial charge in [0.1, 0.15) is 11.6 Å². The van der Waals surface area contributed by atoms with Gasteiger partial charge in [-0.05, 0) is 37.1 Å². The third-order valence-electron chi connectivity index (χ3n) is 3.07. The third kappa shape index (κ3) is 3.72. The van der Waals surface area contributed by atoms with Gasteiger partial charge in [-0.1, -0.05) is 18.2 Å². The summed E-state index contributed by atoms with van der Waals surface area (Å²) in [5.41, 5.74) is 8.39. The lowest BCUT2D eigenvalue weighted by Crippen LogP contribution is -2.21. The first-order valence-electron chi connectivity index (χ1n) is 6.51. The molecule has 110 valence electrons. The van der Waals surface area contributed by atoms with Crippen LogP contribution in [0.2, 0.25) is 0 Å². The van der Waals surface area contributed by atoms with Crippen molar-refractivity contribution in [3.63, 3.8) is 0 Å². The fraction of sp³-hybridized carbons (Fsp3) is 0.188. The lowest BCUT2D eigenvalue weighted by atomic mass is 10.1. The highest BCUT2D eigenvalue weighted by molar-refractivity contribution is 5.92. The Morgan fingerprint density at radius 3 is 2.67 bits per heavy atom. The van der Waals surface area contributed by atoms with Crippen molar-refractivity contribution < 1.29 is 13.9 Å². The summed E-state index contributed by atoms with van der Waals surface area (Å²) < 4.78 is 18.8. The third-order valence-corrected chi connectivity index (χ3v) is 3.07. The van der Waals surface area contributed by atoms with Crippen LogP contribution in [0, 0.1) is 19.7 Å². The Kier molecular flexibility index (Phi) is 4.42. The predicted octanol–water partition coefficient (Wildman–Crippen LogP) is 3.04. The second-order valence-corrected chi connectivity index (χ2v) is 4.79. The van der Waals surface area contributed by atoms with Gasteiger partial charge in [0.2, 0.25) is 0 Å². The number of hydrogen-bond donors (Lipinski definition) is 2. The number of para-hydroxylation sites is 1. The number of aryl methyl sites for hydroxylation is 2. The van der Waals surface area contributed by atoms with Crippen LogP contribution >= 0.6 is 0 Å². The van der Waals surface area contributed by atoms with Gasteiger partial charge in [0, 0.05) is 11.8 Å². The molecule has 0 unspecified atom stereocenters. The minimum absolute atomic E-state index is 0.131. The molecule has 0 aliphatic carbocycles. The zero-order valence-electron chi connectivity index (χ0n) is 11.9. The van der Waals surface area contributed by atoms with Gasteiger partial charge >= 0.3 is 0 Å². The van der Waals surface area contributed by atoms with Gasteiger partial charge < -0.3 is 15.8 Å². The highest BCUT2D eigenvalue weighted by Crippen LogP contribution is 2.24. The number of halogens is 1. The molecule has 5 heteroatoms. The number of benzene rings is 2. The molecular formula is C16H17FN2O2. The van der Waals surface area contributed by atoms with Crippen molar-refractivity contribution in [1.29, 1.82) is 0 Å². The summed E-state index contributed by atoms with van der Waals surface area (Å²) in [7, 11) is 0. The monoisotopic (exact) mass is 288 g/mol. The zero-order valence-corrected chi connectivity index (χ0v) is 11.9. The Balaban J connectivity index is 1.99. The standard InChI is InChI=1S/C16H17FN2O2/c1-10-7-11(2)15(8-13(10)18)21-9-16(20)19-14-6-4-3-5-12(14)17/h3-8H,9,18H2,1-2H3,(H,19,20). The van der Waals surface area contributed by atoms with Crippen LogP contribution in [0.1, 0.15) is 11.1 Å². The minimum Gasteiger partial charge on any atom is -0.483 e. The second kappa shape index (κ2) is 6.26. The fourth-order valence-corrected chi connectivity index (χ4v) is 1.90. The van der Waals surface area contributed by atoms with Crippen LogP contribution in [0.15, 0.2) is 36.4 Å². The van der Waals surface area contributed by atoms with E-state index in [0.717, 1.165) is 11.1 Å². The Hall–Kier alpha value is -2.56. The number of rotatable bonds is 4. The topological polar surface area (TPSA) is 64.3 Å². The first-order chi connectivity index (χ1) is 9.97. The molecule has 3 N–H and O–H groups in total. The van der Waals surface area contributed by atoms with Gasteiger partial charge in [-0.25, -0.2) is 4.39 Å². The van der Waals surface area contributed by atoms with Crippen molar-refractivity contribution >= 4 is 17.3 Å². The average Bonchev–Trinajstić information content (AvgIpc) is 2.44. The van der Waals surface area contributed by atoms with Crippen molar-refractivity contribution in [3.05, 3.63) is 53.3 Å². The van der Waals surface area contributed by atoms with Crippen molar-refractivity contribution in [2.24, 2.45) is 0 Å². The summed E-state index contributed by atoms with van der Waals surface area (Å²) in [4.78, 5) is 11.8. The normalized spacial score (nSPS) is 10.2. The number of nitrogen functional groups attached to an aromatic ring is 1. The molecule has 0 atom stereocenters. The number of carbonyl (C=O) groups is 1. The molecule has 0 spiro atoms. The van der Waals surface area contributed by atoms with Gasteiger partial charge in [-0.15, -0.1) is 0 Å². The molecule has 0 bridgehead atoms. The van der Waals surface area contributed by atoms with Crippen LogP contribution in [0.3, 0.4) is 0 Å². The van der Waals surface area contributed by atoms with Gasteiger partial charge in [0.05, 0.1) is 5.69 Å². The lowest BCUT2D eigenvalue weighted by Gasteiger charge is -2.12. The Bertz CT molecular complexity index is 671. The second-order valence-electron chi connectivity index (χ2n) is 4.79. The number of carbonyl (C=O) groups excluding carboxylic acids is 1. The van der Waals surface area contributed by atoms with Crippen LogP contribution in [-0.4, -0.2) is 12.5 Å². The first-order valence-corrected chi connectivity index (χ1v) is 6.51. The summed E-state index contributed by atoms with van der Waals surface area (Å²) in [5, 5.41) is 2.46. The van der Waals surface area contributed by atoms with E-state index in [1.165, 1.54) is 12.1 Å². The average molecular weight is 288 g/mol.